The Balaban J connectivity index is 1.56. The van der Waals surface area contributed by atoms with E-state index in [1.54, 1.807) is 0 Å². The Morgan fingerprint density at radius 1 is 0.935 bits per heavy atom. The van der Waals surface area contributed by atoms with Crippen LogP contribution >= 0.6 is 0 Å². The lowest BCUT2D eigenvalue weighted by Crippen LogP contribution is -2.49. The molecule has 1 aromatic heterocycles. The summed E-state index contributed by atoms with van der Waals surface area (Å²) in [5.41, 5.74) is 4.95. The van der Waals surface area contributed by atoms with Crippen molar-refractivity contribution in [3.63, 3.8) is 0 Å². The minimum atomic E-state index is 0.449. The number of aryl methyl sites for hydroxylation is 3. The standard InChI is InChI=1S/C25H28N4O2/c1-18-9-12-23(19(2)17-18)31-25-22(11-10-20(3)26-25)24(27-30)29-15-13-28(14-16-29)21-7-5-4-6-8-21/h4-12,17,30H,13-16H2,1-3H3/b27-24-. The van der Waals surface area contributed by atoms with Crippen molar-refractivity contribution in [1.82, 2.24) is 9.88 Å². The van der Waals surface area contributed by atoms with Crippen LogP contribution in [0.15, 0.2) is 65.8 Å². The van der Waals surface area contributed by atoms with Gasteiger partial charge in [0.2, 0.25) is 5.88 Å². The second-order valence-electron chi connectivity index (χ2n) is 7.91. The lowest BCUT2D eigenvalue weighted by atomic mass is 10.1. The maximum Gasteiger partial charge on any atom is 0.230 e. The zero-order valence-electron chi connectivity index (χ0n) is 18.2. The van der Waals surface area contributed by atoms with E-state index in [1.165, 1.54) is 11.3 Å². The molecule has 3 aromatic rings. The summed E-state index contributed by atoms with van der Waals surface area (Å²) in [6, 6.07) is 20.2. The summed E-state index contributed by atoms with van der Waals surface area (Å²) in [5, 5.41) is 13.6. The summed E-state index contributed by atoms with van der Waals surface area (Å²) >= 11 is 0. The molecule has 2 heterocycles. The number of piperazine rings is 1. The van der Waals surface area contributed by atoms with E-state index in [0.29, 0.717) is 17.3 Å². The molecule has 0 radical (unpaired) electrons. The van der Waals surface area contributed by atoms with E-state index < -0.39 is 0 Å². The highest BCUT2D eigenvalue weighted by Gasteiger charge is 2.25. The molecule has 0 atom stereocenters. The van der Waals surface area contributed by atoms with Gasteiger partial charge in [0.1, 0.15) is 5.75 Å². The van der Waals surface area contributed by atoms with E-state index in [1.807, 2.05) is 44.2 Å². The van der Waals surface area contributed by atoms with Crippen molar-refractivity contribution < 1.29 is 9.94 Å². The summed E-state index contributed by atoms with van der Waals surface area (Å²) < 4.78 is 6.20. The molecule has 1 aliphatic rings. The van der Waals surface area contributed by atoms with Gasteiger partial charge in [-0.15, -0.1) is 0 Å². The number of nitrogens with zero attached hydrogens (tertiary/aromatic N) is 4. The second kappa shape index (κ2) is 9.08. The highest BCUT2D eigenvalue weighted by molar-refractivity contribution is 6.00. The van der Waals surface area contributed by atoms with Crippen LogP contribution in [0.25, 0.3) is 0 Å². The second-order valence-corrected chi connectivity index (χ2v) is 7.91. The third-order valence-corrected chi connectivity index (χ3v) is 5.57. The average Bonchev–Trinajstić information content (AvgIpc) is 2.78. The highest BCUT2D eigenvalue weighted by Crippen LogP contribution is 2.29. The van der Waals surface area contributed by atoms with Crippen molar-refractivity contribution in [2.45, 2.75) is 20.8 Å². The molecule has 1 aliphatic heterocycles. The molecule has 160 valence electrons. The van der Waals surface area contributed by atoms with E-state index in [-0.39, 0.29) is 0 Å². The molecule has 6 heteroatoms. The van der Waals surface area contributed by atoms with Crippen molar-refractivity contribution in [3.05, 3.63) is 83.0 Å². The van der Waals surface area contributed by atoms with Crippen LogP contribution in [0, 0.1) is 20.8 Å². The minimum absolute atomic E-state index is 0.449. The molecule has 0 amide bonds. The quantitative estimate of drug-likeness (QED) is 0.288. The van der Waals surface area contributed by atoms with Crippen LogP contribution in [-0.2, 0) is 0 Å². The van der Waals surface area contributed by atoms with Gasteiger partial charge in [-0.3, -0.25) is 0 Å². The minimum Gasteiger partial charge on any atom is -0.438 e. The number of rotatable bonds is 4. The topological polar surface area (TPSA) is 61.2 Å². The fraction of sp³-hybridized carbons (Fsp3) is 0.280. The predicted molar refractivity (Wildman–Crippen MR) is 124 cm³/mol. The number of hydrogen-bond acceptors (Lipinski definition) is 5. The number of benzene rings is 2. The molecule has 1 N–H and O–H groups in total. The molecule has 31 heavy (non-hydrogen) atoms. The first-order valence-corrected chi connectivity index (χ1v) is 10.6. The molecular formula is C25H28N4O2. The van der Waals surface area contributed by atoms with Crippen LogP contribution < -0.4 is 9.64 Å². The third-order valence-electron chi connectivity index (χ3n) is 5.57. The Morgan fingerprint density at radius 2 is 1.68 bits per heavy atom. The number of oxime groups is 1. The molecule has 0 unspecified atom stereocenters. The Kier molecular flexibility index (Phi) is 6.07. The largest absolute Gasteiger partial charge is 0.438 e. The van der Waals surface area contributed by atoms with Crippen molar-refractivity contribution in [1.29, 1.82) is 0 Å². The smallest absolute Gasteiger partial charge is 0.230 e. The van der Waals surface area contributed by atoms with Crippen molar-refractivity contribution in [2.75, 3.05) is 31.1 Å². The Morgan fingerprint density at radius 3 is 2.35 bits per heavy atom. The number of para-hydroxylation sites is 1. The van der Waals surface area contributed by atoms with Gasteiger partial charge >= 0.3 is 0 Å². The van der Waals surface area contributed by atoms with Crippen LogP contribution in [0.3, 0.4) is 0 Å². The summed E-state index contributed by atoms with van der Waals surface area (Å²) in [4.78, 5) is 9.03. The normalized spacial score (nSPS) is 14.6. The first kappa shape index (κ1) is 20.7. The predicted octanol–water partition coefficient (Wildman–Crippen LogP) is 4.76. The summed E-state index contributed by atoms with van der Waals surface area (Å²) in [5.74, 6) is 1.68. The van der Waals surface area contributed by atoms with Crippen LogP contribution in [0.2, 0.25) is 0 Å². The lowest BCUT2D eigenvalue weighted by molar-refractivity contribution is 0.295. The first-order valence-electron chi connectivity index (χ1n) is 10.6. The van der Waals surface area contributed by atoms with Crippen molar-refractivity contribution in [2.24, 2.45) is 5.16 Å². The van der Waals surface area contributed by atoms with Crippen molar-refractivity contribution in [3.8, 4) is 11.6 Å². The maximum absolute atomic E-state index is 9.91. The van der Waals surface area contributed by atoms with Gasteiger partial charge < -0.3 is 19.7 Å². The third kappa shape index (κ3) is 4.63. The fourth-order valence-corrected chi connectivity index (χ4v) is 3.90. The lowest BCUT2D eigenvalue weighted by Gasteiger charge is -2.37. The van der Waals surface area contributed by atoms with E-state index >= 15 is 0 Å². The molecule has 2 aromatic carbocycles. The van der Waals surface area contributed by atoms with Crippen LogP contribution in [0.4, 0.5) is 5.69 Å². The molecule has 1 fully saturated rings. The number of hydrogen-bond donors (Lipinski definition) is 1. The number of anilines is 1. The van der Waals surface area contributed by atoms with E-state index in [2.05, 4.69) is 57.2 Å². The molecule has 4 rings (SSSR count). The van der Waals surface area contributed by atoms with Gasteiger partial charge in [0.15, 0.2) is 5.84 Å². The summed E-state index contributed by atoms with van der Waals surface area (Å²) in [6.45, 7) is 9.16. The molecule has 0 saturated carbocycles. The van der Waals surface area contributed by atoms with E-state index in [9.17, 15) is 5.21 Å². The molecule has 6 nitrogen and oxygen atoms in total. The van der Waals surface area contributed by atoms with Gasteiger partial charge in [-0.25, -0.2) is 4.98 Å². The summed E-state index contributed by atoms with van der Waals surface area (Å²) in [6.07, 6.45) is 0. The van der Waals surface area contributed by atoms with Crippen molar-refractivity contribution >= 4 is 11.5 Å². The number of aromatic nitrogens is 1. The summed E-state index contributed by atoms with van der Waals surface area (Å²) in [7, 11) is 0. The number of amidine groups is 1. The van der Waals surface area contributed by atoms with Crippen LogP contribution in [0.5, 0.6) is 11.6 Å². The Hall–Kier alpha value is -3.54. The Bertz CT molecular complexity index is 1070. The van der Waals surface area contributed by atoms with Gasteiger partial charge in [-0.05, 0) is 56.7 Å². The monoisotopic (exact) mass is 416 g/mol. The van der Waals surface area contributed by atoms with E-state index in [4.69, 9.17) is 4.74 Å². The maximum atomic E-state index is 9.91. The fourth-order valence-electron chi connectivity index (χ4n) is 3.90. The van der Waals surface area contributed by atoms with Gasteiger partial charge in [0.25, 0.3) is 0 Å². The molecule has 0 aliphatic carbocycles. The van der Waals surface area contributed by atoms with Crippen LogP contribution in [0.1, 0.15) is 22.4 Å². The molecule has 0 bridgehead atoms. The van der Waals surface area contributed by atoms with Gasteiger partial charge in [-0.1, -0.05) is 41.1 Å². The average molecular weight is 417 g/mol. The van der Waals surface area contributed by atoms with Gasteiger partial charge in [0.05, 0.1) is 5.56 Å². The zero-order chi connectivity index (χ0) is 21.8. The van der Waals surface area contributed by atoms with Gasteiger partial charge in [-0.2, -0.15) is 0 Å². The van der Waals surface area contributed by atoms with Gasteiger partial charge in [0, 0.05) is 37.6 Å². The molecule has 1 saturated heterocycles. The van der Waals surface area contributed by atoms with Crippen LogP contribution in [-0.4, -0.2) is 47.1 Å². The zero-order valence-corrected chi connectivity index (χ0v) is 18.2. The first-order chi connectivity index (χ1) is 15.0. The molecular weight excluding hydrogens is 388 g/mol. The number of ether oxygens (including phenoxy) is 1. The number of pyridine rings is 1. The Labute approximate surface area is 183 Å². The van der Waals surface area contributed by atoms with E-state index in [0.717, 1.165) is 43.2 Å². The molecule has 0 spiro atoms. The highest BCUT2D eigenvalue weighted by atomic mass is 16.5. The SMILES string of the molecule is Cc1ccc(Oc2nc(C)ccc2/C(=N/O)N2CCN(c3ccccc3)CC2)c(C)c1.